The normalized spacial score (nSPS) is 20.3. The molecule has 1 nitrogen and oxygen atoms in total. The Morgan fingerprint density at radius 3 is 2.55 bits per heavy atom. The fraction of sp³-hybridized carbons (Fsp3) is 0.375. The van der Waals surface area contributed by atoms with Crippen molar-refractivity contribution in [2.24, 2.45) is 0 Å². The molecule has 0 unspecified atom stereocenters. The maximum absolute atomic E-state index is 2.33. The molecule has 0 aromatic carbocycles. The van der Waals surface area contributed by atoms with Crippen LogP contribution < -0.4 is 0 Å². The first kappa shape index (κ1) is 9.28. The molecule has 3 heteroatoms. The van der Waals surface area contributed by atoms with E-state index >= 15 is 0 Å². The quantitative estimate of drug-likeness (QED) is 0.373. The number of nitrogens with zero attached hydrogens (tertiary/aromatic N) is 1. The molecular formula is C8H12NSe2+. The Morgan fingerprint density at radius 1 is 1.36 bits per heavy atom. The van der Waals surface area contributed by atoms with Crippen molar-refractivity contribution >= 4 is 32.5 Å². The topological polar surface area (TPSA) is 3.01 Å². The van der Waals surface area contributed by atoms with Crippen LogP contribution in [0.3, 0.4) is 0 Å². The monoisotopic (exact) mass is 282 g/mol. The van der Waals surface area contributed by atoms with Crippen molar-refractivity contribution in [1.29, 1.82) is 0 Å². The Bertz CT molecular complexity index is 234. The van der Waals surface area contributed by atoms with Gasteiger partial charge in [0.2, 0.25) is 0 Å². The zero-order chi connectivity index (χ0) is 8.27. The second-order valence-electron chi connectivity index (χ2n) is 2.60. The summed E-state index contributed by atoms with van der Waals surface area (Å²) in [6, 6.07) is 0. The first-order chi connectivity index (χ1) is 5.18. The number of allylic oxidation sites excluding steroid dienone is 4. The Morgan fingerprint density at radius 2 is 2.09 bits per heavy atom. The minimum absolute atomic E-state index is 0.767. The fourth-order valence-electron chi connectivity index (χ4n) is 0.661. The van der Waals surface area contributed by atoms with Crippen LogP contribution in [0.15, 0.2) is 21.1 Å². The Balaban J connectivity index is 2.63. The molecule has 0 N–H and O–H groups in total. The van der Waals surface area contributed by atoms with E-state index in [9.17, 15) is 0 Å². The summed E-state index contributed by atoms with van der Waals surface area (Å²) >= 11 is 1.57. The molecule has 0 fully saturated rings. The summed E-state index contributed by atoms with van der Waals surface area (Å²) in [6.07, 6.45) is 6.69. The van der Waals surface area contributed by atoms with E-state index in [4.69, 9.17) is 0 Å². The fourth-order valence-corrected chi connectivity index (χ4v) is 6.74. The molecule has 1 aliphatic heterocycles. The van der Waals surface area contributed by atoms with Crippen molar-refractivity contribution in [3.8, 4) is 0 Å². The molecule has 0 amide bonds. The van der Waals surface area contributed by atoms with Gasteiger partial charge in [0.1, 0.15) is 0 Å². The van der Waals surface area contributed by atoms with Gasteiger partial charge in [-0.2, -0.15) is 0 Å². The van der Waals surface area contributed by atoms with Gasteiger partial charge in [0.25, 0.3) is 0 Å². The number of hydrogen-bond acceptors (Lipinski definition) is 0. The summed E-state index contributed by atoms with van der Waals surface area (Å²) in [6.45, 7) is 2.23. The first-order valence-corrected chi connectivity index (χ1v) is 9.47. The van der Waals surface area contributed by atoms with Crippen LogP contribution in [0.1, 0.15) is 6.92 Å². The van der Waals surface area contributed by atoms with E-state index in [1.807, 2.05) is 0 Å². The molecule has 0 atom stereocenters. The summed E-state index contributed by atoms with van der Waals surface area (Å²) in [7, 11) is 4.11. The van der Waals surface area contributed by atoms with Gasteiger partial charge in [-0.15, -0.1) is 0 Å². The van der Waals surface area contributed by atoms with E-state index in [1.54, 1.807) is 8.94 Å². The number of hydrogen-bond donors (Lipinski definition) is 0. The van der Waals surface area contributed by atoms with E-state index in [0.717, 1.165) is 26.3 Å². The average molecular weight is 280 g/mol. The van der Waals surface area contributed by atoms with E-state index in [2.05, 4.69) is 44.0 Å². The standard InChI is InChI=1S/C8H12NSe2/c1-7-6-8(11-10-7)4-5-9(2)3/h4-6H,1-3H3/q+1/b8-4-. The molecule has 1 rings (SSSR count). The predicted octanol–water partition coefficient (Wildman–Crippen LogP) is 0.454. The van der Waals surface area contributed by atoms with Gasteiger partial charge >= 0.3 is 79.2 Å². The van der Waals surface area contributed by atoms with Gasteiger partial charge in [-0.05, 0) is 0 Å². The van der Waals surface area contributed by atoms with E-state index in [0.29, 0.717) is 0 Å². The molecule has 60 valence electrons. The van der Waals surface area contributed by atoms with E-state index < -0.39 is 0 Å². The maximum atomic E-state index is 2.33. The Labute approximate surface area is 79.1 Å². The van der Waals surface area contributed by atoms with Crippen LogP contribution in [-0.2, 0) is 0 Å². The second-order valence-corrected chi connectivity index (χ2v) is 9.28. The van der Waals surface area contributed by atoms with Crippen molar-refractivity contribution in [3.63, 3.8) is 0 Å². The van der Waals surface area contributed by atoms with Gasteiger partial charge in [-0.3, -0.25) is 0 Å². The van der Waals surface area contributed by atoms with Crippen LogP contribution in [0.4, 0.5) is 0 Å². The molecule has 0 spiro atoms. The minimum atomic E-state index is 0.767. The molecule has 0 aromatic heterocycles. The van der Waals surface area contributed by atoms with E-state index in [1.165, 1.54) is 0 Å². The van der Waals surface area contributed by atoms with Crippen molar-refractivity contribution < 1.29 is 4.58 Å². The third-order valence-corrected chi connectivity index (χ3v) is 8.93. The third-order valence-electron chi connectivity index (χ3n) is 1.15. The molecular weight excluding hydrogens is 268 g/mol. The van der Waals surface area contributed by atoms with Crippen LogP contribution >= 0.6 is 0 Å². The summed E-state index contributed by atoms with van der Waals surface area (Å²) < 4.78 is 5.22. The SMILES string of the molecule is CC1=C/C(=C/C=[N+](C)C)[Se][Se]1. The Hall–Kier alpha value is 0.189. The van der Waals surface area contributed by atoms with Gasteiger partial charge in [0.05, 0.1) is 0 Å². The summed E-state index contributed by atoms with van der Waals surface area (Å²) in [5.41, 5.74) is 0. The Kier molecular flexibility index (Phi) is 3.60. The van der Waals surface area contributed by atoms with Gasteiger partial charge in [0.15, 0.2) is 0 Å². The van der Waals surface area contributed by atoms with Gasteiger partial charge in [-0.25, -0.2) is 0 Å². The van der Waals surface area contributed by atoms with Gasteiger partial charge < -0.3 is 0 Å². The number of rotatable bonds is 1. The zero-order valence-corrected chi connectivity index (χ0v) is 10.4. The molecule has 11 heavy (non-hydrogen) atoms. The van der Waals surface area contributed by atoms with Crippen molar-refractivity contribution in [1.82, 2.24) is 0 Å². The van der Waals surface area contributed by atoms with Crippen LogP contribution in [0.2, 0.25) is 0 Å². The molecule has 0 bridgehead atoms. The average Bonchev–Trinajstić information content (AvgIpc) is 2.31. The first-order valence-electron chi connectivity index (χ1n) is 3.43. The van der Waals surface area contributed by atoms with Crippen LogP contribution in [0, 0.1) is 0 Å². The molecule has 0 saturated heterocycles. The van der Waals surface area contributed by atoms with Gasteiger partial charge in [0, 0.05) is 0 Å². The zero-order valence-electron chi connectivity index (χ0n) is 7.00. The summed E-state index contributed by atoms with van der Waals surface area (Å²) in [5, 5.41) is 0. The van der Waals surface area contributed by atoms with Crippen molar-refractivity contribution in [3.05, 3.63) is 21.1 Å². The van der Waals surface area contributed by atoms with Gasteiger partial charge in [-0.1, -0.05) is 0 Å². The second kappa shape index (κ2) is 4.27. The molecule has 1 aliphatic rings. The molecule has 0 radical (unpaired) electrons. The third kappa shape index (κ3) is 3.39. The van der Waals surface area contributed by atoms with Crippen molar-refractivity contribution in [2.75, 3.05) is 14.1 Å². The summed E-state index contributed by atoms with van der Waals surface area (Å²) in [4.78, 5) is 0. The predicted molar refractivity (Wildman–Crippen MR) is 51.5 cm³/mol. The van der Waals surface area contributed by atoms with E-state index in [-0.39, 0.29) is 0 Å². The van der Waals surface area contributed by atoms with Crippen molar-refractivity contribution in [2.45, 2.75) is 6.92 Å². The molecule has 0 aliphatic carbocycles. The van der Waals surface area contributed by atoms with Crippen LogP contribution in [0.5, 0.6) is 0 Å². The summed E-state index contributed by atoms with van der Waals surface area (Å²) in [5.74, 6) is 0. The van der Waals surface area contributed by atoms with Crippen LogP contribution in [0.25, 0.3) is 0 Å². The molecule has 0 aromatic rings. The molecule has 1 heterocycles. The molecule has 0 saturated carbocycles. The van der Waals surface area contributed by atoms with Crippen LogP contribution in [-0.4, -0.2) is 51.1 Å².